The molecule has 1 unspecified atom stereocenters. The van der Waals surface area contributed by atoms with Crippen molar-refractivity contribution >= 4 is 28.5 Å². The van der Waals surface area contributed by atoms with E-state index in [1.54, 1.807) is 30.9 Å². The number of anilines is 2. The zero-order chi connectivity index (χ0) is 28.2. The Labute approximate surface area is 230 Å². The SMILES string of the molecule is CCOC(=O)c1cnc(N)nc1NC(C)c1cc2cccc(-c3ccnc(OC)c3)c2c(=O)n1-c1ccccc1. The Morgan fingerprint density at radius 1 is 1.07 bits per heavy atom. The molecule has 1 atom stereocenters. The summed E-state index contributed by atoms with van der Waals surface area (Å²) in [4.78, 5) is 39.3. The van der Waals surface area contributed by atoms with Crippen molar-refractivity contribution in [3.63, 3.8) is 0 Å². The molecule has 2 aromatic carbocycles. The largest absolute Gasteiger partial charge is 0.481 e. The highest BCUT2D eigenvalue weighted by atomic mass is 16.5. The first-order valence-electron chi connectivity index (χ1n) is 12.7. The minimum atomic E-state index is -0.575. The first-order chi connectivity index (χ1) is 19.4. The van der Waals surface area contributed by atoms with Gasteiger partial charge in [0.15, 0.2) is 0 Å². The third kappa shape index (κ3) is 5.06. The molecule has 3 heterocycles. The van der Waals surface area contributed by atoms with Crippen LogP contribution in [-0.2, 0) is 4.74 Å². The van der Waals surface area contributed by atoms with Crippen molar-refractivity contribution in [2.75, 3.05) is 24.8 Å². The normalized spacial score (nSPS) is 11.7. The van der Waals surface area contributed by atoms with E-state index in [-0.39, 0.29) is 29.5 Å². The summed E-state index contributed by atoms with van der Waals surface area (Å²) in [6, 6.07) is 20.2. The molecule has 202 valence electrons. The summed E-state index contributed by atoms with van der Waals surface area (Å²) >= 11 is 0. The molecule has 3 N–H and O–H groups in total. The number of ether oxygens (including phenoxy) is 2. The van der Waals surface area contributed by atoms with Gasteiger partial charge in [0, 0.05) is 29.8 Å². The maximum absolute atomic E-state index is 14.3. The minimum absolute atomic E-state index is 0.000805. The van der Waals surface area contributed by atoms with E-state index in [9.17, 15) is 9.59 Å². The lowest BCUT2D eigenvalue weighted by molar-refractivity contribution is 0.0526. The number of nitrogens with two attached hydrogens (primary N) is 1. The Hall–Kier alpha value is -5.25. The number of hydrogen-bond acceptors (Lipinski definition) is 9. The molecule has 0 bridgehead atoms. The van der Waals surface area contributed by atoms with Crippen LogP contribution in [0.5, 0.6) is 5.88 Å². The van der Waals surface area contributed by atoms with Crippen LogP contribution in [0.4, 0.5) is 11.8 Å². The molecule has 0 aliphatic rings. The van der Waals surface area contributed by atoms with E-state index < -0.39 is 12.0 Å². The van der Waals surface area contributed by atoms with E-state index in [1.807, 2.05) is 67.6 Å². The molecular formula is C30H28N6O4. The van der Waals surface area contributed by atoms with Gasteiger partial charge in [-0.3, -0.25) is 9.36 Å². The molecule has 5 rings (SSSR count). The average molecular weight is 537 g/mol. The standard InChI is InChI=1S/C30H28N6O4/c1-4-40-29(38)23-17-33-30(31)35-27(23)34-18(2)24-15-20-9-8-12-22(19-13-14-32-25(16-19)39-3)26(20)28(37)36(24)21-10-6-5-7-11-21/h5-18H,4H2,1-3H3,(H3,31,33,34,35). The number of esters is 1. The van der Waals surface area contributed by atoms with Gasteiger partial charge >= 0.3 is 5.97 Å². The molecule has 0 amide bonds. The number of nitrogens with one attached hydrogen (secondary N) is 1. The van der Waals surface area contributed by atoms with E-state index >= 15 is 0 Å². The van der Waals surface area contributed by atoms with Crippen LogP contribution in [0.3, 0.4) is 0 Å². The first kappa shape index (κ1) is 26.4. The van der Waals surface area contributed by atoms with Crippen molar-refractivity contribution in [1.82, 2.24) is 19.5 Å². The van der Waals surface area contributed by atoms with Gasteiger partial charge in [-0.25, -0.2) is 14.8 Å². The molecule has 40 heavy (non-hydrogen) atoms. The number of rotatable bonds is 8. The lowest BCUT2D eigenvalue weighted by Crippen LogP contribution is -2.26. The van der Waals surface area contributed by atoms with Gasteiger partial charge in [-0.15, -0.1) is 0 Å². The lowest BCUT2D eigenvalue weighted by Gasteiger charge is -2.23. The molecule has 10 heteroatoms. The Morgan fingerprint density at radius 2 is 1.88 bits per heavy atom. The fourth-order valence-electron chi connectivity index (χ4n) is 4.62. The summed E-state index contributed by atoms with van der Waals surface area (Å²) in [5, 5.41) is 4.56. The zero-order valence-corrected chi connectivity index (χ0v) is 22.3. The monoisotopic (exact) mass is 536 g/mol. The minimum Gasteiger partial charge on any atom is -0.481 e. The van der Waals surface area contributed by atoms with Gasteiger partial charge < -0.3 is 20.5 Å². The van der Waals surface area contributed by atoms with E-state index in [4.69, 9.17) is 15.2 Å². The van der Waals surface area contributed by atoms with Crippen LogP contribution in [0.1, 0.15) is 35.9 Å². The Morgan fingerprint density at radius 3 is 2.62 bits per heavy atom. The molecule has 0 aliphatic heterocycles. The third-order valence-electron chi connectivity index (χ3n) is 6.44. The van der Waals surface area contributed by atoms with Crippen LogP contribution in [0.25, 0.3) is 27.6 Å². The first-order valence-corrected chi connectivity index (χ1v) is 12.7. The van der Waals surface area contributed by atoms with Gasteiger partial charge in [0.2, 0.25) is 11.8 Å². The molecular weight excluding hydrogens is 508 g/mol. The van der Waals surface area contributed by atoms with Gasteiger partial charge in [-0.1, -0.05) is 36.4 Å². The van der Waals surface area contributed by atoms with Crippen LogP contribution < -0.4 is 21.3 Å². The van der Waals surface area contributed by atoms with Gasteiger partial charge in [0.05, 0.1) is 25.1 Å². The number of benzene rings is 2. The summed E-state index contributed by atoms with van der Waals surface area (Å²) in [6.07, 6.45) is 2.98. The average Bonchev–Trinajstić information content (AvgIpc) is 2.97. The molecule has 0 radical (unpaired) electrons. The van der Waals surface area contributed by atoms with Gasteiger partial charge in [-0.05, 0) is 54.6 Å². The van der Waals surface area contributed by atoms with Crippen molar-refractivity contribution in [3.05, 3.63) is 101 Å². The number of fused-ring (bicyclic) bond motifs is 1. The van der Waals surface area contributed by atoms with Crippen molar-refractivity contribution in [1.29, 1.82) is 0 Å². The number of carbonyl (C=O) groups excluding carboxylic acids is 1. The van der Waals surface area contributed by atoms with Crippen molar-refractivity contribution in [3.8, 4) is 22.7 Å². The Balaban J connectivity index is 1.70. The molecule has 3 aromatic heterocycles. The number of carbonyl (C=O) groups is 1. The maximum Gasteiger partial charge on any atom is 0.343 e. The van der Waals surface area contributed by atoms with E-state index in [1.165, 1.54) is 6.20 Å². The molecule has 0 aliphatic carbocycles. The number of aromatic nitrogens is 4. The van der Waals surface area contributed by atoms with Crippen LogP contribution in [0, 0.1) is 0 Å². The smallest absolute Gasteiger partial charge is 0.343 e. The van der Waals surface area contributed by atoms with Crippen molar-refractivity contribution < 1.29 is 14.3 Å². The molecule has 10 nitrogen and oxygen atoms in total. The Kier molecular flexibility index (Phi) is 7.41. The second kappa shape index (κ2) is 11.2. The Bertz CT molecular complexity index is 1750. The van der Waals surface area contributed by atoms with Gasteiger partial charge in [0.25, 0.3) is 5.56 Å². The van der Waals surface area contributed by atoms with Crippen LogP contribution in [-0.4, -0.2) is 39.2 Å². The summed E-state index contributed by atoms with van der Waals surface area (Å²) < 4.78 is 12.1. The lowest BCUT2D eigenvalue weighted by atomic mass is 9.98. The predicted molar refractivity (Wildman–Crippen MR) is 154 cm³/mol. The second-order valence-electron chi connectivity index (χ2n) is 8.98. The summed E-state index contributed by atoms with van der Waals surface area (Å²) in [5.74, 6) is 0.0878. The van der Waals surface area contributed by atoms with Crippen molar-refractivity contribution in [2.24, 2.45) is 0 Å². The van der Waals surface area contributed by atoms with Gasteiger partial charge in [0.1, 0.15) is 11.4 Å². The molecule has 0 saturated carbocycles. The number of pyridine rings is 2. The van der Waals surface area contributed by atoms with E-state index in [0.29, 0.717) is 22.6 Å². The summed E-state index contributed by atoms with van der Waals surface area (Å²) in [5.41, 5.74) is 8.69. The summed E-state index contributed by atoms with van der Waals surface area (Å²) in [7, 11) is 1.55. The zero-order valence-electron chi connectivity index (χ0n) is 22.3. The number of hydrogen-bond donors (Lipinski definition) is 2. The van der Waals surface area contributed by atoms with E-state index in [0.717, 1.165) is 16.5 Å². The molecule has 0 fully saturated rings. The van der Waals surface area contributed by atoms with Crippen molar-refractivity contribution in [2.45, 2.75) is 19.9 Å². The number of nitrogens with zero attached hydrogens (tertiary/aromatic N) is 4. The molecule has 5 aromatic rings. The predicted octanol–water partition coefficient (Wildman–Crippen LogP) is 4.78. The van der Waals surface area contributed by atoms with Crippen LogP contribution >= 0.6 is 0 Å². The second-order valence-corrected chi connectivity index (χ2v) is 8.98. The molecule has 0 saturated heterocycles. The highest BCUT2D eigenvalue weighted by Gasteiger charge is 2.22. The van der Waals surface area contributed by atoms with E-state index in [2.05, 4.69) is 20.3 Å². The summed E-state index contributed by atoms with van der Waals surface area (Å²) in [6.45, 7) is 3.79. The fraction of sp³-hybridized carbons (Fsp3) is 0.167. The number of methoxy groups -OCH3 is 1. The van der Waals surface area contributed by atoms with Crippen LogP contribution in [0.2, 0.25) is 0 Å². The number of nitrogen functional groups attached to an aromatic ring is 1. The topological polar surface area (TPSA) is 134 Å². The highest BCUT2D eigenvalue weighted by molar-refractivity contribution is 5.97. The van der Waals surface area contributed by atoms with Crippen LogP contribution in [0.15, 0.2) is 83.9 Å². The maximum atomic E-state index is 14.3. The molecule has 0 spiro atoms. The van der Waals surface area contributed by atoms with Gasteiger partial charge in [-0.2, -0.15) is 4.98 Å². The quantitative estimate of drug-likeness (QED) is 0.269. The third-order valence-corrected chi connectivity index (χ3v) is 6.44. The fourth-order valence-corrected chi connectivity index (χ4v) is 4.62. The number of para-hydroxylation sites is 1. The highest BCUT2D eigenvalue weighted by Crippen LogP contribution is 2.31.